The van der Waals surface area contributed by atoms with Crippen molar-refractivity contribution in [3.8, 4) is 0 Å². The van der Waals surface area contributed by atoms with Gasteiger partial charge in [-0.25, -0.2) is 0 Å². The Balaban J connectivity index is 1.67. The van der Waals surface area contributed by atoms with Gasteiger partial charge in [-0.1, -0.05) is 42.1 Å². The zero-order valence-electron chi connectivity index (χ0n) is 12.0. The van der Waals surface area contributed by atoms with Crippen LogP contribution in [0.15, 0.2) is 47.5 Å². The molecule has 0 unspecified atom stereocenters. The Morgan fingerprint density at radius 1 is 1.27 bits per heavy atom. The molecule has 2 amide bonds. The summed E-state index contributed by atoms with van der Waals surface area (Å²) >= 11 is 1.29. The molecule has 0 aliphatic carbocycles. The van der Waals surface area contributed by atoms with Crippen molar-refractivity contribution in [2.45, 2.75) is 11.7 Å². The number of hydrogen-bond donors (Lipinski definition) is 2. The predicted molar refractivity (Wildman–Crippen MR) is 90.1 cm³/mol. The van der Waals surface area contributed by atoms with Crippen LogP contribution in [-0.2, 0) is 9.59 Å². The van der Waals surface area contributed by atoms with Gasteiger partial charge in [0.25, 0.3) is 0 Å². The molecule has 0 spiro atoms. The van der Waals surface area contributed by atoms with E-state index in [1.165, 1.54) is 11.8 Å². The summed E-state index contributed by atoms with van der Waals surface area (Å²) in [6.45, 7) is 0. The summed E-state index contributed by atoms with van der Waals surface area (Å²) in [7, 11) is 1.61. The number of benzene rings is 2. The number of nitrogens with one attached hydrogen (secondary N) is 2. The maximum atomic E-state index is 12.1. The van der Waals surface area contributed by atoms with E-state index in [1.807, 2.05) is 42.5 Å². The number of aliphatic imine (C=N–C) groups is 1. The molecular weight excluding hydrogens is 298 g/mol. The van der Waals surface area contributed by atoms with Gasteiger partial charge in [0.1, 0.15) is 5.25 Å². The Morgan fingerprint density at radius 3 is 2.77 bits per heavy atom. The first-order valence-electron chi connectivity index (χ1n) is 6.88. The van der Waals surface area contributed by atoms with Gasteiger partial charge in [-0.15, -0.1) is 0 Å². The van der Waals surface area contributed by atoms with Gasteiger partial charge in [-0.2, -0.15) is 0 Å². The lowest BCUT2D eigenvalue weighted by molar-refractivity contribution is -0.122. The zero-order chi connectivity index (χ0) is 15.5. The van der Waals surface area contributed by atoms with E-state index in [9.17, 15) is 9.59 Å². The summed E-state index contributed by atoms with van der Waals surface area (Å²) in [6.07, 6.45) is 0.127. The van der Waals surface area contributed by atoms with E-state index < -0.39 is 5.25 Å². The van der Waals surface area contributed by atoms with E-state index in [4.69, 9.17) is 0 Å². The van der Waals surface area contributed by atoms with Gasteiger partial charge in [0, 0.05) is 19.2 Å². The minimum absolute atomic E-state index is 0.127. The number of amides is 2. The van der Waals surface area contributed by atoms with Crippen LogP contribution in [0.2, 0.25) is 0 Å². The molecule has 0 radical (unpaired) electrons. The molecule has 5 nitrogen and oxygen atoms in total. The number of anilines is 1. The van der Waals surface area contributed by atoms with Gasteiger partial charge in [0.2, 0.25) is 11.8 Å². The van der Waals surface area contributed by atoms with Crippen LogP contribution in [0.5, 0.6) is 0 Å². The fraction of sp³-hybridized carbons (Fsp3) is 0.188. The molecule has 6 heteroatoms. The number of carbonyl (C=O) groups is 2. The third-order valence-electron chi connectivity index (χ3n) is 3.38. The van der Waals surface area contributed by atoms with Crippen LogP contribution in [0.1, 0.15) is 6.42 Å². The Kier molecular flexibility index (Phi) is 4.11. The maximum absolute atomic E-state index is 12.1. The topological polar surface area (TPSA) is 70.6 Å². The highest BCUT2D eigenvalue weighted by atomic mass is 32.2. The van der Waals surface area contributed by atoms with Crippen LogP contribution < -0.4 is 10.6 Å². The number of thioether (sulfide) groups is 1. The minimum Gasteiger partial charge on any atom is -0.326 e. The molecule has 0 bridgehead atoms. The Morgan fingerprint density at radius 2 is 2.05 bits per heavy atom. The van der Waals surface area contributed by atoms with Crippen LogP contribution in [0.25, 0.3) is 10.8 Å². The van der Waals surface area contributed by atoms with Crippen LogP contribution >= 0.6 is 11.8 Å². The number of amidine groups is 1. The molecule has 1 fully saturated rings. The van der Waals surface area contributed by atoms with Crippen LogP contribution in [0.4, 0.5) is 5.69 Å². The molecule has 22 heavy (non-hydrogen) atoms. The molecule has 2 aromatic carbocycles. The average Bonchev–Trinajstić information content (AvgIpc) is 2.87. The summed E-state index contributed by atoms with van der Waals surface area (Å²) in [5, 5.41) is 7.81. The first-order chi connectivity index (χ1) is 10.7. The average molecular weight is 313 g/mol. The quantitative estimate of drug-likeness (QED) is 0.914. The zero-order valence-corrected chi connectivity index (χ0v) is 12.8. The molecule has 1 aliphatic rings. The summed E-state index contributed by atoms with van der Waals surface area (Å²) in [5.41, 5.74) is 0.733. The molecule has 2 aromatic rings. The number of carbonyl (C=O) groups excluding carboxylic acids is 2. The molecule has 2 N–H and O–H groups in total. The van der Waals surface area contributed by atoms with Crippen LogP contribution in [-0.4, -0.2) is 29.3 Å². The molecule has 1 atom stereocenters. The molecule has 3 rings (SSSR count). The minimum atomic E-state index is -0.417. The first-order valence-corrected chi connectivity index (χ1v) is 7.76. The standard InChI is InChI=1S/C16H15N3O2S/c1-17-16-19-15(21)13(22-16)9-14(20)18-12-7-6-10-4-2-3-5-11(10)8-12/h2-8,13H,9H2,1H3,(H,18,20)(H,17,19,21)/t13-/m0/s1. The predicted octanol–water partition coefficient (Wildman–Crippen LogP) is 2.39. The largest absolute Gasteiger partial charge is 0.326 e. The number of nitrogens with zero attached hydrogens (tertiary/aromatic N) is 1. The highest BCUT2D eigenvalue weighted by Crippen LogP contribution is 2.23. The summed E-state index contributed by atoms with van der Waals surface area (Å²) < 4.78 is 0. The van der Waals surface area contributed by atoms with E-state index >= 15 is 0 Å². The number of rotatable bonds is 3. The van der Waals surface area contributed by atoms with E-state index in [0.29, 0.717) is 5.17 Å². The first kappa shape index (κ1) is 14.6. The maximum Gasteiger partial charge on any atom is 0.240 e. The van der Waals surface area contributed by atoms with E-state index in [-0.39, 0.29) is 18.2 Å². The molecule has 1 heterocycles. The third kappa shape index (κ3) is 3.12. The lowest BCUT2D eigenvalue weighted by Crippen LogP contribution is -2.28. The van der Waals surface area contributed by atoms with Crippen molar-refractivity contribution in [2.24, 2.45) is 4.99 Å². The van der Waals surface area contributed by atoms with Gasteiger partial charge in [0.05, 0.1) is 0 Å². The van der Waals surface area contributed by atoms with Crippen molar-refractivity contribution >= 4 is 45.2 Å². The van der Waals surface area contributed by atoms with E-state index in [0.717, 1.165) is 16.5 Å². The second kappa shape index (κ2) is 6.19. The van der Waals surface area contributed by atoms with Crippen molar-refractivity contribution in [2.75, 3.05) is 12.4 Å². The van der Waals surface area contributed by atoms with Gasteiger partial charge >= 0.3 is 0 Å². The Labute approximate surface area is 132 Å². The molecular formula is C16H15N3O2S. The third-order valence-corrected chi connectivity index (χ3v) is 4.56. The fourth-order valence-corrected chi connectivity index (χ4v) is 3.23. The monoisotopic (exact) mass is 313 g/mol. The summed E-state index contributed by atoms with van der Waals surface area (Å²) in [4.78, 5) is 27.7. The van der Waals surface area contributed by atoms with Crippen molar-refractivity contribution < 1.29 is 9.59 Å². The smallest absolute Gasteiger partial charge is 0.240 e. The lowest BCUT2D eigenvalue weighted by Gasteiger charge is -2.08. The number of fused-ring (bicyclic) bond motifs is 1. The molecule has 0 aromatic heterocycles. The molecule has 112 valence electrons. The van der Waals surface area contributed by atoms with E-state index in [1.54, 1.807) is 7.05 Å². The van der Waals surface area contributed by atoms with E-state index in [2.05, 4.69) is 15.6 Å². The molecule has 1 saturated heterocycles. The van der Waals surface area contributed by atoms with Gasteiger partial charge in [-0.3, -0.25) is 14.6 Å². The van der Waals surface area contributed by atoms with Crippen LogP contribution in [0.3, 0.4) is 0 Å². The normalized spacial score (nSPS) is 19.4. The Hall–Kier alpha value is -2.34. The second-order valence-corrected chi connectivity index (χ2v) is 6.13. The molecule has 1 aliphatic heterocycles. The van der Waals surface area contributed by atoms with Gasteiger partial charge in [-0.05, 0) is 22.9 Å². The van der Waals surface area contributed by atoms with Crippen LogP contribution in [0, 0.1) is 0 Å². The van der Waals surface area contributed by atoms with Gasteiger partial charge < -0.3 is 10.6 Å². The number of hydrogen-bond acceptors (Lipinski definition) is 4. The highest BCUT2D eigenvalue weighted by molar-refractivity contribution is 8.15. The summed E-state index contributed by atoms with van der Waals surface area (Å²) in [5.74, 6) is -0.348. The second-order valence-electron chi connectivity index (χ2n) is 4.94. The SMILES string of the molecule is CN=C1NC(=O)[C@H](CC(=O)Nc2ccc3ccccc3c2)S1. The lowest BCUT2D eigenvalue weighted by atomic mass is 10.1. The van der Waals surface area contributed by atoms with Crippen molar-refractivity contribution in [1.82, 2.24) is 5.32 Å². The van der Waals surface area contributed by atoms with Gasteiger partial charge in [0.15, 0.2) is 5.17 Å². The Bertz CT molecular complexity index is 773. The van der Waals surface area contributed by atoms with Crippen molar-refractivity contribution in [1.29, 1.82) is 0 Å². The highest BCUT2D eigenvalue weighted by Gasteiger charge is 2.31. The molecule has 0 saturated carbocycles. The summed E-state index contributed by atoms with van der Waals surface area (Å²) in [6, 6.07) is 13.7. The van der Waals surface area contributed by atoms with Crippen molar-refractivity contribution in [3.63, 3.8) is 0 Å². The van der Waals surface area contributed by atoms with Crippen molar-refractivity contribution in [3.05, 3.63) is 42.5 Å². The fourth-order valence-electron chi connectivity index (χ4n) is 2.29.